The summed E-state index contributed by atoms with van der Waals surface area (Å²) in [5, 5.41) is 0. The van der Waals surface area contributed by atoms with Crippen LogP contribution < -0.4 is 0 Å². The van der Waals surface area contributed by atoms with E-state index < -0.39 is 6.10 Å². The summed E-state index contributed by atoms with van der Waals surface area (Å²) in [6.07, 6.45) is 69.3. The van der Waals surface area contributed by atoms with Crippen molar-refractivity contribution in [3.05, 3.63) is 109 Å². The molecule has 0 bridgehead atoms. The topological polar surface area (TPSA) is 78.9 Å². The Labute approximate surface area is 393 Å². The molecule has 0 radical (unpaired) electrons. The molecular weight excluding hydrogens is 793 g/mol. The number of ether oxygens (including phenoxy) is 3. The Morgan fingerprint density at radius 3 is 1.14 bits per heavy atom. The van der Waals surface area contributed by atoms with E-state index in [2.05, 4.69) is 130 Å². The minimum Gasteiger partial charge on any atom is -0.462 e. The van der Waals surface area contributed by atoms with Crippen LogP contribution in [-0.2, 0) is 28.6 Å². The lowest BCUT2D eigenvalue weighted by atomic mass is 10.1. The predicted octanol–water partition coefficient (Wildman–Crippen LogP) is 17.1. The van der Waals surface area contributed by atoms with E-state index in [9.17, 15) is 14.4 Å². The maximum absolute atomic E-state index is 12.8. The van der Waals surface area contributed by atoms with E-state index in [4.69, 9.17) is 14.2 Å². The van der Waals surface area contributed by atoms with Gasteiger partial charge in [0, 0.05) is 19.3 Å². The number of esters is 3. The molecule has 0 aliphatic rings. The quantitative estimate of drug-likeness (QED) is 0.0199. The van der Waals surface area contributed by atoms with Crippen LogP contribution in [0.5, 0.6) is 0 Å². The van der Waals surface area contributed by atoms with Gasteiger partial charge in [0.15, 0.2) is 6.10 Å². The summed E-state index contributed by atoms with van der Waals surface area (Å²) in [5.41, 5.74) is 0. The third-order valence-electron chi connectivity index (χ3n) is 10.6. The fourth-order valence-corrected chi connectivity index (χ4v) is 6.70. The highest BCUT2D eigenvalue weighted by Crippen LogP contribution is 2.13. The van der Waals surface area contributed by atoms with Crippen molar-refractivity contribution < 1.29 is 28.6 Å². The van der Waals surface area contributed by atoms with E-state index >= 15 is 0 Å². The van der Waals surface area contributed by atoms with Gasteiger partial charge in [0.1, 0.15) is 13.2 Å². The molecule has 0 N–H and O–H groups in total. The molecule has 0 heterocycles. The molecule has 0 aromatic carbocycles. The van der Waals surface area contributed by atoms with E-state index in [-0.39, 0.29) is 37.5 Å². The van der Waals surface area contributed by atoms with Crippen molar-refractivity contribution in [2.24, 2.45) is 0 Å². The second-order valence-corrected chi connectivity index (χ2v) is 16.7. The standard InChI is InChI=1S/C58H94O6/c1-4-7-10-13-16-19-22-25-27-29-31-33-36-39-42-45-48-51-57(60)63-54-55(53-62-56(59)50-47-44-41-38-35-32-24-21-18-15-12-9-6-3)64-58(61)52-49-46-43-40-37-34-30-28-26-23-20-17-14-11-8-5-2/h8-9,11-12,15-21,24-28,34,37,55H,4-7,10,13-14,22-23,29-33,35-36,38-54H2,1-3H3/b11-8-,12-9-,18-15-,19-16-,20-17-,24-21-,27-25-,28-26-,37-34-. The molecule has 362 valence electrons. The molecule has 0 spiro atoms. The Kier molecular flexibility index (Phi) is 48.5. The summed E-state index contributed by atoms with van der Waals surface area (Å²) in [7, 11) is 0. The zero-order chi connectivity index (χ0) is 46.5. The van der Waals surface area contributed by atoms with Gasteiger partial charge in [-0.2, -0.15) is 0 Å². The van der Waals surface area contributed by atoms with Gasteiger partial charge >= 0.3 is 17.9 Å². The number of hydrogen-bond donors (Lipinski definition) is 0. The number of carbonyl (C=O) groups excluding carboxylic acids is 3. The van der Waals surface area contributed by atoms with Crippen LogP contribution >= 0.6 is 0 Å². The number of rotatable bonds is 45. The highest BCUT2D eigenvalue weighted by molar-refractivity contribution is 5.71. The Bertz CT molecular complexity index is 1340. The van der Waals surface area contributed by atoms with Crippen molar-refractivity contribution in [3.8, 4) is 0 Å². The molecule has 0 saturated carbocycles. The van der Waals surface area contributed by atoms with Gasteiger partial charge in [-0.1, -0.05) is 201 Å². The first-order valence-electron chi connectivity index (χ1n) is 25.9. The van der Waals surface area contributed by atoms with Gasteiger partial charge in [-0.3, -0.25) is 14.4 Å². The van der Waals surface area contributed by atoms with Gasteiger partial charge in [-0.25, -0.2) is 0 Å². The summed E-state index contributed by atoms with van der Waals surface area (Å²) in [6.45, 7) is 6.30. The largest absolute Gasteiger partial charge is 0.462 e. The number of allylic oxidation sites excluding steroid dienone is 18. The first-order valence-corrected chi connectivity index (χ1v) is 25.9. The second kappa shape index (κ2) is 51.7. The number of carbonyl (C=O) groups is 3. The van der Waals surface area contributed by atoms with E-state index in [1.807, 2.05) is 0 Å². The molecular formula is C58H94O6. The molecule has 0 fully saturated rings. The fraction of sp³-hybridized carbons (Fsp3) is 0.638. The van der Waals surface area contributed by atoms with Crippen LogP contribution in [0.25, 0.3) is 0 Å². The highest BCUT2D eigenvalue weighted by Gasteiger charge is 2.19. The van der Waals surface area contributed by atoms with Crippen LogP contribution in [0.3, 0.4) is 0 Å². The van der Waals surface area contributed by atoms with E-state index in [1.165, 1.54) is 51.4 Å². The number of hydrogen-bond acceptors (Lipinski definition) is 6. The van der Waals surface area contributed by atoms with Crippen LogP contribution in [-0.4, -0.2) is 37.2 Å². The van der Waals surface area contributed by atoms with Crippen LogP contribution in [0.1, 0.15) is 220 Å². The van der Waals surface area contributed by atoms with Gasteiger partial charge in [-0.15, -0.1) is 0 Å². The van der Waals surface area contributed by atoms with Crippen LogP contribution in [0.4, 0.5) is 0 Å². The smallest absolute Gasteiger partial charge is 0.306 e. The summed E-state index contributed by atoms with van der Waals surface area (Å²) < 4.78 is 16.8. The van der Waals surface area contributed by atoms with E-state index in [0.29, 0.717) is 12.8 Å². The minimum atomic E-state index is -0.808. The van der Waals surface area contributed by atoms with Gasteiger partial charge in [-0.05, 0) is 109 Å². The molecule has 6 nitrogen and oxygen atoms in total. The Hall–Kier alpha value is -3.93. The SMILES string of the molecule is CC\C=C/C=C\C=C/CCCCCCCC(=O)OCC(COC(=O)CCCCCCCCC/C=C\C/C=C\CCCCC)OC(=O)CCCCC/C=C\C/C=C\C/C=C\C/C=C\CC. The molecule has 64 heavy (non-hydrogen) atoms. The summed E-state index contributed by atoms with van der Waals surface area (Å²) >= 11 is 0. The zero-order valence-electron chi connectivity index (χ0n) is 41.3. The molecule has 1 atom stereocenters. The summed E-state index contributed by atoms with van der Waals surface area (Å²) in [6, 6.07) is 0. The van der Waals surface area contributed by atoms with E-state index in [1.54, 1.807) is 0 Å². The molecule has 0 aromatic heterocycles. The van der Waals surface area contributed by atoms with Gasteiger partial charge in [0.2, 0.25) is 0 Å². The highest BCUT2D eigenvalue weighted by atomic mass is 16.6. The van der Waals surface area contributed by atoms with Crippen molar-refractivity contribution in [3.63, 3.8) is 0 Å². The van der Waals surface area contributed by atoms with Crippen LogP contribution in [0, 0.1) is 0 Å². The molecule has 0 saturated heterocycles. The molecule has 0 amide bonds. The normalized spacial score (nSPS) is 13.0. The monoisotopic (exact) mass is 887 g/mol. The fourth-order valence-electron chi connectivity index (χ4n) is 6.70. The van der Waals surface area contributed by atoms with E-state index in [0.717, 1.165) is 128 Å². The van der Waals surface area contributed by atoms with Crippen molar-refractivity contribution in [1.29, 1.82) is 0 Å². The van der Waals surface area contributed by atoms with Gasteiger partial charge in [0.05, 0.1) is 0 Å². The van der Waals surface area contributed by atoms with Crippen LogP contribution in [0.15, 0.2) is 109 Å². The van der Waals surface area contributed by atoms with Gasteiger partial charge in [0.25, 0.3) is 0 Å². The Balaban J connectivity index is 4.49. The molecule has 1 unspecified atom stereocenters. The molecule has 0 aliphatic carbocycles. The van der Waals surface area contributed by atoms with Crippen molar-refractivity contribution >= 4 is 17.9 Å². The van der Waals surface area contributed by atoms with Crippen molar-refractivity contribution in [2.75, 3.05) is 13.2 Å². The average molecular weight is 887 g/mol. The molecule has 6 heteroatoms. The predicted molar refractivity (Wildman–Crippen MR) is 274 cm³/mol. The molecule has 0 aliphatic heterocycles. The van der Waals surface area contributed by atoms with Gasteiger partial charge < -0.3 is 14.2 Å². The summed E-state index contributed by atoms with van der Waals surface area (Å²) in [5.74, 6) is -0.969. The summed E-state index contributed by atoms with van der Waals surface area (Å²) in [4.78, 5) is 38.0. The zero-order valence-corrected chi connectivity index (χ0v) is 41.3. The average Bonchev–Trinajstić information content (AvgIpc) is 3.29. The molecule has 0 rings (SSSR count). The Morgan fingerprint density at radius 1 is 0.344 bits per heavy atom. The third kappa shape index (κ3) is 49.1. The first kappa shape index (κ1) is 60.1. The maximum atomic E-state index is 12.8. The molecule has 0 aromatic rings. The number of unbranched alkanes of at least 4 members (excludes halogenated alkanes) is 18. The van der Waals surface area contributed by atoms with Crippen molar-refractivity contribution in [1.82, 2.24) is 0 Å². The minimum absolute atomic E-state index is 0.104. The lowest BCUT2D eigenvalue weighted by Crippen LogP contribution is -2.30. The van der Waals surface area contributed by atoms with Crippen LogP contribution in [0.2, 0.25) is 0 Å². The second-order valence-electron chi connectivity index (χ2n) is 16.7. The third-order valence-corrected chi connectivity index (χ3v) is 10.6. The lowest BCUT2D eigenvalue weighted by molar-refractivity contribution is -0.167. The lowest BCUT2D eigenvalue weighted by Gasteiger charge is -2.18. The maximum Gasteiger partial charge on any atom is 0.306 e. The Morgan fingerprint density at radius 2 is 0.688 bits per heavy atom. The first-order chi connectivity index (χ1) is 31.5. The van der Waals surface area contributed by atoms with Crippen molar-refractivity contribution in [2.45, 2.75) is 226 Å².